The zero-order chi connectivity index (χ0) is 18.1. The molecule has 0 amide bonds. The van der Waals surface area contributed by atoms with Gasteiger partial charge < -0.3 is 15.3 Å². The first-order valence-electron chi connectivity index (χ1n) is 8.85. The molecule has 1 aromatic rings. The highest BCUT2D eigenvalue weighted by atomic mass is 16.4. The van der Waals surface area contributed by atoms with E-state index in [0.29, 0.717) is 31.6 Å². The molecular formula is C20H30O4. The van der Waals surface area contributed by atoms with Gasteiger partial charge in [0.25, 0.3) is 0 Å². The Bertz CT molecular complexity index is 606. The number of phenols is 1. The molecule has 3 N–H and O–H groups in total. The maximum Gasteiger partial charge on any atom is 0.309 e. The fourth-order valence-electron chi connectivity index (χ4n) is 4.20. The summed E-state index contributed by atoms with van der Waals surface area (Å²) in [7, 11) is 0. The monoisotopic (exact) mass is 334 g/mol. The van der Waals surface area contributed by atoms with Gasteiger partial charge in [0.1, 0.15) is 5.75 Å². The average Bonchev–Trinajstić information content (AvgIpc) is 2.47. The van der Waals surface area contributed by atoms with Crippen LogP contribution in [-0.4, -0.2) is 26.9 Å². The zero-order valence-corrected chi connectivity index (χ0v) is 15.2. The van der Waals surface area contributed by atoms with Crippen molar-refractivity contribution >= 4 is 5.97 Å². The number of aliphatic hydroxyl groups is 1. The smallest absolute Gasteiger partial charge is 0.309 e. The highest BCUT2D eigenvalue weighted by Crippen LogP contribution is 2.49. The summed E-state index contributed by atoms with van der Waals surface area (Å²) in [5.41, 5.74) is 0.0680. The number of phenolic OH excluding ortho intramolecular Hbond substituents is 1. The molecule has 0 saturated heterocycles. The summed E-state index contributed by atoms with van der Waals surface area (Å²) in [6.45, 7) is 7.70. The second-order valence-electron chi connectivity index (χ2n) is 8.07. The van der Waals surface area contributed by atoms with Crippen molar-refractivity contribution in [2.24, 2.45) is 11.3 Å². The van der Waals surface area contributed by atoms with Crippen molar-refractivity contribution in [3.05, 3.63) is 29.3 Å². The van der Waals surface area contributed by atoms with Gasteiger partial charge in [0.05, 0.1) is 11.0 Å². The number of carbonyl (C=O) groups is 1. The molecule has 0 bridgehead atoms. The van der Waals surface area contributed by atoms with Crippen LogP contribution in [0.25, 0.3) is 0 Å². The number of hydrogen-bond acceptors (Lipinski definition) is 3. The van der Waals surface area contributed by atoms with Gasteiger partial charge in [0.2, 0.25) is 0 Å². The van der Waals surface area contributed by atoms with Crippen molar-refractivity contribution in [1.29, 1.82) is 0 Å². The Morgan fingerprint density at radius 2 is 1.96 bits per heavy atom. The summed E-state index contributed by atoms with van der Waals surface area (Å²) in [5.74, 6) is -0.565. The van der Waals surface area contributed by atoms with E-state index in [-0.39, 0.29) is 11.7 Å². The van der Waals surface area contributed by atoms with Crippen LogP contribution in [0.5, 0.6) is 5.75 Å². The minimum atomic E-state index is -0.989. The number of rotatable bonds is 5. The van der Waals surface area contributed by atoms with E-state index in [9.17, 15) is 20.1 Å². The number of benzene rings is 1. The summed E-state index contributed by atoms with van der Waals surface area (Å²) in [6.07, 6.45) is 3.04. The van der Waals surface area contributed by atoms with Crippen LogP contribution in [0, 0.1) is 11.3 Å². The van der Waals surface area contributed by atoms with Crippen molar-refractivity contribution in [2.75, 3.05) is 0 Å². The quantitative estimate of drug-likeness (QED) is 0.758. The number of aliphatic carboxylic acids is 1. The Kier molecular flexibility index (Phi) is 5.28. The van der Waals surface area contributed by atoms with Crippen LogP contribution in [0.3, 0.4) is 0 Å². The molecule has 0 radical (unpaired) electrons. The fourth-order valence-corrected chi connectivity index (χ4v) is 4.20. The molecule has 4 heteroatoms. The van der Waals surface area contributed by atoms with E-state index in [1.807, 2.05) is 12.1 Å². The zero-order valence-electron chi connectivity index (χ0n) is 15.2. The van der Waals surface area contributed by atoms with Crippen LogP contribution < -0.4 is 0 Å². The lowest BCUT2D eigenvalue weighted by Crippen LogP contribution is -2.52. The molecule has 3 unspecified atom stereocenters. The largest absolute Gasteiger partial charge is 0.508 e. The number of hydrogen-bond donors (Lipinski definition) is 3. The van der Waals surface area contributed by atoms with Crippen molar-refractivity contribution in [1.82, 2.24) is 0 Å². The van der Waals surface area contributed by atoms with Gasteiger partial charge >= 0.3 is 5.97 Å². The van der Waals surface area contributed by atoms with Crippen molar-refractivity contribution in [3.63, 3.8) is 0 Å². The summed E-state index contributed by atoms with van der Waals surface area (Å²) in [5, 5.41) is 30.6. The molecule has 24 heavy (non-hydrogen) atoms. The Morgan fingerprint density at radius 1 is 1.29 bits per heavy atom. The molecule has 1 aliphatic carbocycles. The maximum atomic E-state index is 11.8. The molecule has 1 aliphatic rings. The van der Waals surface area contributed by atoms with Gasteiger partial charge in [0.15, 0.2) is 0 Å². The molecule has 3 atom stereocenters. The average molecular weight is 334 g/mol. The molecule has 2 rings (SSSR count). The second kappa shape index (κ2) is 6.75. The highest BCUT2D eigenvalue weighted by Gasteiger charge is 2.52. The topological polar surface area (TPSA) is 77.8 Å². The molecule has 4 nitrogen and oxygen atoms in total. The highest BCUT2D eigenvalue weighted by molar-refractivity contribution is 5.75. The molecule has 0 spiro atoms. The van der Waals surface area contributed by atoms with Gasteiger partial charge in [-0.15, -0.1) is 0 Å². The summed E-state index contributed by atoms with van der Waals surface area (Å²) in [6, 6.07) is 5.62. The van der Waals surface area contributed by atoms with Crippen LogP contribution in [-0.2, 0) is 11.2 Å². The van der Waals surface area contributed by atoms with E-state index < -0.39 is 17.0 Å². The van der Waals surface area contributed by atoms with Gasteiger partial charge in [-0.1, -0.05) is 26.0 Å². The van der Waals surface area contributed by atoms with E-state index >= 15 is 0 Å². The summed E-state index contributed by atoms with van der Waals surface area (Å²) in [4.78, 5) is 11.8. The Labute approximate surface area is 144 Å². The molecule has 1 aromatic carbocycles. The number of carboxylic acid groups (broad SMARTS) is 1. The van der Waals surface area contributed by atoms with Gasteiger partial charge in [-0.05, 0) is 69.1 Å². The van der Waals surface area contributed by atoms with Crippen LogP contribution in [0.4, 0.5) is 0 Å². The fraction of sp³-hybridized carbons (Fsp3) is 0.650. The Hall–Kier alpha value is -1.55. The molecule has 0 aliphatic heterocycles. The molecular weight excluding hydrogens is 304 g/mol. The van der Waals surface area contributed by atoms with Gasteiger partial charge in [-0.25, -0.2) is 0 Å². The minimum Gasteiger partial charge on any atom is -0.508 e. The third-order valence-corrected chi connectivity index (χ3v) is 5.86. The minimum absolute atomic E-state index is 0.242. The van der Waals surface area contributed by atoms with Crippen LogP contribution in [0.15, 0.2) is 18.2 Å². The van der Waals surface area contributed by atoms with E-state index in [0.717, 1.165) is 17.5 Å². The van der Waals surface area contributed by atoms with Crippen molar-refractivity contribution in [3.8, 4) is 5.75 Å². The van der Waals surface area contributed by atoms with E-state index in [2.05, 4.69) is 13.8 Å². The predicted molar refractivity (Wildman–Crippen MR) is 94.2 cm³/mol. The van der Waals surface area contributed by atoms with Crippen LogP contribution in [0.1, 0.15) is 70.4 Å². The first-order valence-corrected chi connectivity index (χ1v) is 8.85. The normalized spacial score (nSPS) is 30.5. The van der Waals surface area contributed by atoms with Crippen LogP contribution >= 0.6 is 0 Å². The first-order chi connectivity index (χ1) is 11.1. The lowest BCUT2D eigenvalue weighted by Gasteiger charge is -2.47. The van der Waals surface area contributed by atoms with Crippen molar-refractivity contribution in [2.45, 2.75) is 71.3 Å². The lowest BCUT2D eigenvalue weighted by molar-refractivity contribution is -0.168. The van der Waals surface area contributed by atoms with E-state index in [4.69, 9.17) is 0 Å². The Balaban J connectivity index is 2.25. The predicted octanol–water partition coefficient (Wildman–Crippen LogP) is 4.09. The standard InChI is InChI=1S/C20H30O4/c1-13(2)14-6-8-16(21)15(12-14)7-9-17-19(3,18(22)23)10-5-11-20(17,4)24/h6,8,12-13,17,21,24H,5,7,9-11H2,1-4H3,(H,22,23). The molecule has 1 fully saturated rings. The van der Waals surface area contributed by atoms with E-state index in [1.165, 1.54) is 0 Å². The number of aromatic hydroxyl groups is 1. The van der Waals surface area contributed by atoms with Gasteiger partial charge in [-0.2, -0.15) is 0 Å². The number of carboxylic acids is 1. The Morgan fingerprint density at radius 3 is 2.54 bits per heavy atom. The van der Waals surface area contributed by atoms with Gasteiger partial charge in [0, 0.05) is 5.92 Å². The van der Waals surface area contributed by atoms with E-state index in [1.54, 1.807) is 19.9 Å². The summed E-state index contributed by atoms with van der Waals surface area (Å²) >= 11 is 0. The second-order valence-corrected chi connectivity index (χ2v) is 8.07. The third-order valence-electron chi connectivity index (χ3n) is 5.86. The molecule has 1 saturated carbocycles. The SMILES string of the molecule is CC(C)c1ccc(O)c(CCC2C(C)(O)CCCC2(C)C(=O)O)c1. The van der Waals surface area contributed by atoms with Crippen LogP contribution in [0.2, 0.25) is 0 Å². The van der Waals surface area contributed by atoms with Gasteiger partial charge in [-0.3, -0.25) is 4.79 Å². The first kappa shape index (κ1) is 18.8. The number of aryl methyl sites for hydroxylation is 1. The lowest BCUT2D eigenvalue weighted by atomic mass is 9.59. The molecule has 134 valence electrons. The van der Waals surface area contributed by atoms with Crippen molar-refractivity contribution < 1.29 is 20.1 Å². The maximum absolute atomic E-state index is 11.8. The third kappa shape index (κ3) is 3.59. The molecule has 0 aromatic heterocycles. The molecule has 0 heterocycles. The summed E-state index contributed by atoms with van der Waals surface area (Å²) < 4.78 is 0.